The van der Waals surface area contributed by atoms with Gasteiger partial charge in [0.1, 0.15) is 0 Å². The summed E-state index contributed by atoms with van der Waals surface area (Å²) in [6, 6.07) is 0. The van der Waals surface area contributed by atoms with Gasteiger partial charge in [0.05, 0.1) is 25.2 Å². The molecule has 0 radical (unpaired) electrons. The number of hydrogen-bond acceptors (Lipinski definition) is 2. The molecule has 2 atom stereocenters. The van der Waals surface area contributed by atoms with Crippen LogP contribution in [0.2, 0.25) is 0 Å². The Bertz CT molecular complexity index is 86.7. The average Bonchev–Trinajstić information content (AvgIpc) is 2.86. The predicted octanol–water partition coefficient (Wildman–Crippen LogP) is 1.65. The summed E-state index contributed by atoms with van der Waals surface area (Å²) in [5, 5.41) is 8.24. The summed E-state index contributed by atoms with van der Waals surface area (Å²) in [4.78, 5) is 0. The number of rotatable bonds is 3. The minimum absolute atomic E-state index is 0.185. The normalized spacial score (nSPS) is 23.5. The quantitative estimate of drug-likeness (QED) is 0.488. The lowest BCUT2D eigenvalue weighted by atomic mass is 10.5. The molecule has 0 amide bonds. The smallest absolute Gasteiger partial charge is 0.0944 e. The van der Waals surface area contributed by atoms with Gasteiger partial charge in [0.25, 0.3) is 0 Å². The van der Waals surface area contributed by atoms with E-state index >= 15 is 0 Å². The van der Waals surface area contributed by atoms with Gasteiger partial charge in [-0.05, 0) is 0 Å². The molecule has 2 nitrogen and oxygen atoms in total. The molecule has 1 saturated heterocycles. The number of hydrogen-bond donors (Lipinski definition) is 1. The van der Waals surface area contributed by atoms with Gasteiger partial charge < -0.3 is 9.84 Å². The van der Waals surface area contributed by atoms with Crippen molar-refractivity contribution in [2.24, 2.45) is 0 Å². The van der Waals surface area contributed by atoms with E-state index in [1.54, 1.807) is 0 Å². The van der Waals surface area contributed by atoms with Crippen LogP contribution in [0.15, 0.2) is 0 Å². The van der Waals surface area contributed by atoms with Crippen molar-refractivity contribution >= 4 is 45.8 Å². The lowest BCUT2D eigenvalue weighted by molar-refractivity contribution is 0.305. The summed E-state index contributed by atoms with van der Waals surface area (Å²) in [5.41, 5.74) is 0. The molecule has 68 valence electrons. The number of ether oxygens (including phenoxy) is 1. The maximum absolute atomic E-state index is 8.24. The van der Waals surface area contributed by atoms with Crippen LogP contribution in [0.25, 0.3) is 0 Å². The molecular formula is C6H11Cl2IO2. The number of aliphatic hydroxyl groups excluding tert-OH is 1. The average molecular weight is 313 g/mol. The highest BCUT2D eigenvalue weighted by molar-refractivity contribution is 14.1. The second-order valence-electron chi connectivity index (χ2n) is 2.04. The highest BCUT2D eigenvalue weighted by Gasteiger charge is 2.19. The fourth-order valence-corrected chi connectivity index (χ4v) is 0.482. The van der Waals surface area contributed by atoms with Crippen LogP contribution in [-0.2, 0) is 4.74 Å². The lowest BCUT2D eigenvalue weighted by Crippen LogP contribution is -2.03. The second-order valence-corrected chi connectivity index (χ2v) is 4.42. The molecule has 5 heteroatoms. The highest BCUT2D eigenvalue weighted by Crippen LogP contribution is 2.08. The van der Waals surface area contributed by atoms with Gasteiger partial charge in [0, 0.05) is 9.80 Å². The summed E-state index contributed by atoms with van der Waals surface area (Å²) in [6.07, 6.45) is 0.400. The molecule has 0 spiro atoms. The zero-order valence-corrected chi connectivity index (χ0v) is 9.64. The summed E-state index contributed by atoms with van der Waals surface area (Å²) in [6.45, 7) is 1.06. The number of epoxide rings is 1. The van der Waals surface area contributed by atoms with Crippen molar-refractivity contribution in [3.8, 4) is 0 Å². The minimum Gasteiger partial charge on any atom is -0.395 e. The third-order valence-corrected chi connectivity index (χ3v) is 3.01. The maximum Gasteiger partial charge on any atom is 0.0944 e. The van der Waals surface area contributed by atoms with Crippen molar-refractivity contribution < 1.29 is 9.84 Å². The van der Waals surface area contributed by atoms with E-state index in [0.29, 0.717) is 17.9 Å². The first kappa shape index (κ1) is 12.2. The van der Waals surface area contributed by atoms with Crippen molar-refractivity contribution in [1.29, 1.82) is 0 Å². The Morgan fingerprint density at radius 2 is 2.18 bits per heavy atom. The molecule has 1 aliphatic heterocycles. The van der Waals surface area contributed by atoms with E-state index in [9.17, 15) is 0 Å². The topological polar surface area (TPSA) is 32.8 Å². The Hall–Kier alpha value is 1.23. The van der Waals surface area contributed by atoms with E-state index in [4.69, 9.17) is 33.0 Å². The van der Waals surface area contributed by atoms with Crippen LogP contribution < -0.4 is 0 Å². The second kappa shape index (κ2) is 7.86. The van der Waals surface area contributed by atoms with Crippen molar-refractivity contribution in [1.82, 2.24) is 0 Å². The van der Waals surface area contributed by atoms with Gasteiger partial charge in [0.2, 0.25) is 0 Å². The van der Waals surface area contributed by atoms with Gasteiger partial charge in [-0.25, -0.2) is 0 Å². The highest BCUT2D eigenvalue weighted by atomic mass is 127. The molecule has 1 N–H and O–H groups in total. The van der Waals surface area contributed by atoms with E-state index in [2.05, 4.69) is 22.6 Å². The van der Waals surface area contributed by atoms with E-state index in [1.807, 2.05) is 0 Å². The van der Waals surface area contributed by atoms with Crippen molar-refractivity contribution in [3.63, 3.8) is 0 Å². The molecule has 0 aliphatic carbocycles. The molecule has 0 aromatic rings. The molecule has 0 saturated carbocycles. The zero-order chi connectivity index (χ0) is 8.69. The van der Waals surface area contributed by atoms with Gasteiger partial charge in [-0.2, -0.15) is 0 Å². The number of halogens is 3. The SMILES string of the molecule is ClCC1CO1.OCC(I)CCl. The van der Waals surface area contributed by atoms with Gasteiger partial charge >= 0.3 is 0 Å². The molecule has 0 aromatic heterocycles. The van der Waals surface area contributed by atoms with Crippen LogP contribution in [0.3, 0.4) is 0 Å². The first-order valence-electron chi connectivity index (χ1n) is 3.23. The lowest BCUT2D eigenvalue weighted by Gasteiger charge is -1.94. The summed E-state index contributed by atoms with van der Waals surface area (Å²) < 4.78 is 4.95. The standard InChI is InChI=1S/C3H6ClIO.C3H5ClO/c4-1-3(5)2-6;4-1-3-2-5-3/h3,6H,1-2H2;3H,1-2H2. The van der Waals surface area contributed by atoms with Gasteiger partial charge in [-0.15, -0.1) is 23.2 Å². The first-order valence-corrected chi connectivity index (χ1v) is 5.54. The van der Waals surface area contributed by atoms with Crippen LogP contribution in [0.1, 0.15) is 0 Å². The molecule has 2 unspecified atom stereocenters. The summed E-state index contributed by atoms with van der Waals surface area (Å²) in [7, 11) is 0. The van der Waals surface area contributed by atoms with E-state index in [0.717, 1.165) is 6.61 Å². The molecule has 1 rings (SSSR count). The van der Waals surface area contributed by atoms with Crippen LogP contribution in [0, 0.1) is 0 Å². The fourth-order valence-electron chi connectivity index (χ4n) is 0.206. The molecule has 1 aliphatic rings. The van der Waals surface area contributed by atoms with E-state index in [1.165, 1.54) is 0 Å². The third kappa shape index (κ3) is 9.14. The van der Waals surface area contributed by atoms with Crippen molar-refractivity contribution in [2.45, 2.75) is 10.0 Å². The predicted molar refractivity (Wildman–Crippen MR) is 56.1 cm³/mol. The van der Waals surface area contributed by atoms with Gasteiger partial charge in [-0.1, -0.05) is 22.6 Å². The molecule has 1 heterocycles. The van der Waals surface area contributed by atoms with E-state index in [-0.39, 0.29) is 10.5 Å². The van der Waals surface area contributed by atoms with Crippen LogP contribution in [0.5, 0.6) is 0 Å². The Kier molecular flexibility index (Phi) is 8.74. The summed E-state index contributed by atoms with van der Waals surface area (Å²) >= 11 is 12.6. The fraction of sp³-hybridized carbons (Fsp3) is 1.00. The molecule has 1 fully saturated rings. The van der Waals surface area contributed by atoms with Crippen molar-refractivity contribution in [2.75, 3.05) is 25.0 Å². The van der Waals surface area contributed by atoms with Crippen LogP contribution >= 0.6 is 45.8 Å². The van der Waals surface area contributed by atoms with Crippen molar-refractivity contribution in [3.05, 3.63) is 0 Å². The molecule has 0 bridgehead atoms. The largest absolute Gasteiger partial charge is 0.395 e. The number of aliphatic hydroxyl groups is 1. The van der Waals surface area contributed by atoms with Gasteiger partial charge in [-0.3, -0.25) is 0 Å². The maximum atomic E-state index is 8.24. The Balaban J connectivity index is 0.000000183. The monoisotopic (exact) mass is 312 g/mol. The summed E-state index contributed by atoms with van der Waals surface area (Å²) in [5.74, 6) is 1.21. The molecular weight excluding hydrogens is 302 g/mol. The van der Waals surface area contributed by atoms with Crippen LogP contribution in [0.4, 0.5) is 0 Å². The minimum atomic E-state index is 0.185. The van der Waals surface area contributed by atoms with Gasteiger partial charge in [0.15, 0.2) is 0 Å². The van der Waals surface area contributed by atoms with Crippen LogP contribution in [-0.4, -0.2) is 40.1 Å². The third-order valence-electron chi connectivity index (χ3n) is 0.940. The molecule has 0 aromatic carbocycles. The Labute approximate surface area is 90.3 Å². The molecule has 11 heavy (non-hydrogen) atoms. The van der Waals surface area contributed by atoms with E-state index < -0.39 is 0 Å². The Morgan fingerprint density at radius 1 is 1.64 bits per heavy atom. The Morgan fingerprint density at radius 3 is 2.18 bits per heavy atom. The first-order chi connectivity index (χ1) is 5.24. The number of alkyl halides is 3. The zero-order valence-electron chi connectivity index (χ0n) is 5.97.